The second-order valence-corrected chi connectivity index (χ2v) is 10.9. The van der Waals surface area contributed by atoms with Crippen molar-refractivity contribution in [2.24, 2.45) is 0 Å². The Labute approximate surface area is 208 Å². The first-order chi connectivity index (χ1) is 17.1. The monoisotopic (exact) mass is 472 g/mol. The summed E-state index contributed by atoms with van der Waals surface area (Å²) in [5.74, 6) is 1.04. The van der Waals surface area contributed by atoms with E-state index in [0.717, 1.165) is 50.5 Å². The van der Waals surface area contributed by atoms with Gasteiger partial charge in [0, 0.05) is 49.1 Å². The second-order valence-electron chi connectivity index (χ2n) is 10.9. The van der Waals surface area contributed by atoms with Gasteiger partial charge in [-0.15, -0.1) is 0 Å². The molecule has 184 valence electrons. The lowest BCUT2D eigenvalue weighted by Crippen LogP contribution is -2.51. The van der Waals surface area contributed by atoms with Gasteiger partial charge < -0.3 is 19.9 Å². The summed E-state index contributed by atoms with van der Waals surface area (Å²) in [6.07, 6.45) is 8.45. The van der Waals surface area contributed by atoms with Crippen LogP contribution >= 0.6 is 0 Å². The Morgan fingerprint density at radius 1 is 1.20 bits per heavy atom. The van der Waals surface area contributed by atoms with Crippen molar-refractivity contribution in [1.29, 1.82) is 5.26 Å². The van der Waals surface area contributed by atoms with Crippen LogP contribution < -0.4 is 15.0 Å². The molecule has 35 heavy (non-hydrogen) atoms. The summed E-state index contributed by atoms with van der Waals surface area (Å²) in [6, 6.07) is 12.5. The van der Waals surface area contributed by atoms with E-state index in [-0.39, 0.29) is 11.5 Å². The Bertz CT molecular complexity index is 1130. The molecule has 2 fully saturated rings. The summed E-state index contributed by atoms with van der Waals surface area (Å²) in [5.41, 5.74) is 5.58. The van der Waals surface area contributed by atoms with Crippen LogP contribution in [0.15, 0.2) is 24.3 Å². The van der Waals surface area contributed by atoms with E-state index in [1.807, 2.05) is 0 Å². The van der Waals surface area contributed by atoms with Crippen molar-refractivity contribution in [3.8, 4) is 12.1 Å². The third-order valence-corrected chi connectivity index (χ3v) is 8.73. The number of likely N-dealkylation sites (N-methyl/N-ethyl adjacent to an activating group) is 1. The average Bonchev–Trinajstić information content (AvgIpc) is 3.46. The molecular weight excluding hydrogens is 436 g/mol. The van der Waals surface area contributed by atoms with Gasteiger partial charge in [-0.2, -0.15) is 15.2 Å². The van der Waals surface area contributed by atoms with Crippen molar-refractivity contribution in [2.45, 2.75) is 68.9 Å². The molecule has 7 heteroatoms. The molecule has 1 aromatic heterocycles. The number of nitriles is 1. The molecule has 1 unspecified atom stereocenters. The minimum atomic E-state index is 0.116. The molecule has 0 amide bonds. The average molecular weight is 473 g/mol. The fraction of sp³-hybridized carbons (Fsp3) is 0.607. The predicted molar refractivity (Wildman–Crippen MR) is 136 cm³/mol. The topological polar surface area (TPSA) is 77.3 Å². The summed E-state index contributed by atoms with van der Waals surface area (Å²) in [7, 11) is 2.18. The minimum absolute atomic E-state index is 0.116. The number of aromatic nitrogens is 2. The number of rotatable bonds is 5. The third-order valence-electron chi connectivity index (χ3n) is 8.73. The number of likely N-dealkylation sites (tertiary alicyclic amines) is 1. The number of nitrogens with zero attached hydrogens (tertiary/aromatic N) is 5. The Morgan fingerprint density at radius 3 is 2.97 bits per heavy atom. The van der Waals surface area contributed by atoms with Gasteiger partial charge in [0.05, 0.1) is 18.2 Å². The van der Waals surface area contributed by atoms with Crippen molar-refractivity contribution in [2.75, 3.05) is 44.7 Å². The molecule has 0 bridgehead atoms. The zero-order valence-electron chi connectivity index (χ0n) is 20.8. The van der Waals surface area contributed by atoms with Gasteiger partial charge >= 0.3 is 6.01 Å². The molecule has 0 radical (unpaired) electrons. The molecule has 7 nitrogen and oxygen atoms in total. The van der Waals surface area contributed by atoms with E-state index >= 15 is 0 Å². The van der Waals surface area contributed by atoms with Gasteiger partial charge in [0.1, 0.15) is 12.4 Å². The number of ether oxygens (including phenoxy) is 1. The molecular formula is C28H36N6O. The Morgan fingerprint density at radius 2 is 2.11 bits per heavy atom. The van der Waals surface area contributed by atoms with Crippen LogP contribution in [-0.2, 0) is 24.7 Å². The molecule has 3 heterocycles. The van der Waals surface area contributed by atoms with Crippen molar-refractivity contribution in [1.82, 2.24) is 20.2 Å². The molecule has 2 aromatic rings. The summed E-state index contributed by atoms with van der Waals surface area (Å²) >= 11 is 0. The fourth-order valence-corrected chi connectivity index (χ4v) is 6.87. The van der Waals surface area contributed by atoms with E-state index in [4.69, 9.17) is 14.7 Å². The highest BCUT2D eigenvalue weighted by atomic mass is 16.5. The number of hydrogen-bond donors (Lipinski definition) is 1. The lowest BCUT2D eigenvalue weighted by Gasteiger charge is -2.36. The number of anilines is 1. The van der Waals surface area contributed by atoms with Crippen LogP contribution in [0.25, 0.3) is 0 Å². The zero-order valence-corrected chi connectivity index (χ0v) is 20.8. The van der Waals surface area contributed by atoms with Gasteiger partial charge in [0.25, 0.3) is 0 Å². The molecule has 1 aromatic carbocycles. The number of aryl methyl sites for hydroxylation is 1. The third kappa shape index (κ3) is 4.28. The van der Waals surface area contributed by atoms with Crippen molar-refractivity contribution >= 4 is 5.82 Å². The maximum absolute atomic E-state index is 9.27. The molecule has 2 aliphatic heterocycles. The maximum atomic E-state index is 9.27. The zero-order chi connectivity index (χ0) is 23.8. The molecule has 2 saturated heterocycles. The van der Waals surface area contributed by atoms with Gasteiger partial charge in [-0.05, 0) is 63.2 Å². The Balaban J connectivity index is 1.34. The molecule has 2 aliphatic carbocycles. The van der Waals surface area contributed by atoms with Gasteiger partial charge in [0.2, 0.25) is 0 Å². The number of fused-ring (bicyclic) bond motifs is 3. The first kappa shape index (κ1) is 22.8. The minimum Gasteiger partial charge on any atom is -0.462 e. The Kier molecular flexibility index (Phi) is 6.11. The summed E-state index contributed by atoms with van der Waals surface area (Å²) in [5, 5.41) is 12.8. The number of nitrogens with one attached hydrogen (secondary N) is 1. The van der Waals surface area contributed by atoms with E-state index < -0.39 is 0 Å². The van der Waals surface area contributed by atoms with Gasteiger partial charge in [-0.1, -0.05) is 24.3 Å². The molecule has 1 N–H and O–H groups in total. The quantitative estimate of drug-likeness (QED) is 0.717. The van der Waals surface area contributed by atoms with Crippen LogP contribution in [0.1, 0.15) is 54.5 Å². The summed E-state index contributed by atoms with van der Waals surface area (Å²) < 4.78 is 6.28. The normalized spacial score (nSPS) is 28.1. The van der Waals surface area contributed by atoms with Gasteiger partial charge in [0.15, 0.2) is 0 Å². The first-order valence-electron chi connectivity index (χ1n) is 13.3. The van der Waals surface area contributed by atoms with E-state index in [2.05, 4.69) is 52.5 Å². The van der Waals surface area contributed by atoms with Gasteiger partial charge in [-0.25, -0.2) is 0 Å². The number of piperazine rings is 1. The highest BCUT2D eigenvalue weighted by Gasteiger charge is 2.44. The largest absolute Gasteiger partial charge is 0.462 e. The first-order valence-corrected chi connectivity index (χ1v) is 13.3. The van der Waals surface area contributed by atoms with Crippen molar-refractivity contribution in [3.05, 3.63) is 46.6 Å². The second kappa shape index (κ2) is 9.40. The lowest BCUT2D eigenvalue weighted by atomic mass is 9.68. The van der Waals surface area contributed by atoms with Crippen LogP contribution in [0, 0.1) is 11.3 Å². The van der Waals surface area contributed by atoms with Crippen molar-refractivity contribution in [3.63, 3.8) is 0 Å². The molecule has 3 atom stereocenters. The summed E-state index contributed by atoms with van der Waals surface area (Å²) in [6.45, 7) is 4.32. The van der Waals surface area contributed by atoms with Crippen LogP contribution in [0.2, 0.25) is 0 Å². The maximum Gasteiger partial charge on any atom is 0.318 e. The predicted octanol–water partition coefficient (Wildman–Crippen LogP) is 3.01. The highest BCUT2D eigenvalue weighted by molar-refractivity contribution is 5.57. The lowest BCUT2D eigenvalue weighted by molar-refractivity contribution is 0.187. The smallest absolute Gasteiger partial charge is 0.318 e. The van der Waals surface area contributed by atoms with E-state index in [9.17, 15) is 5.26 Å². The fourth-order valence-electron chi connectivity index (χ4n) is 6.87. The van der Waals surface area contributed by atoms with Crippen LogP contribution in [0.4, 0.5) is 5.82 Å². The van der Waals surface area contributed by atoms with Crippen LogP contribution in [0.5, 0.6) is 6.01 Å². The number of benzene rings is 1. The SMILES string of the molecule is CN1CCC[C@H]1COc1nc2c(c(N3CCN[C@@H](CC#N)C3)n1)CC1(CCCc3ccccc31)C2. The standard InChI is InChI=1S/C28H36N6O/c1-33-14-5-8-22(33)19-35-27-31-25-17-28(11-4-7-20-6-2-3-9-24(20)28)16-23(25)26(32-27)34-15-13-30-21(18-34)10-12-29/h2-3,6,9,21-22,30H,4-5,7-8,10-11,13-19H2,1H3/t21-,22-,28?/m0/s1. The molecule has 6 rings (SSSR count). The van der Waals surface area contributed by atoms with Gasteiger partial charge in [-0.3, -0.25) is 0 Å². The van der Waals surface area contributed by atoms with E-state index in [0.29, 0.717) is 25.1 Å². The van der Waals surface area contributed by atoms with E-state index in [1.54, 1.807) is 0 Å². The molecule has 1 spiro atoms. The highest BCUT2D eigenvalue weighted by Crippen LogP contribution is 2.49. The van der Waals surface area contributed by atoms with Crippen molar-refractivity contribution < 1.29 is 4.74 Å². The number of hydrogen-bond acceptors (Lipinski definition) is 7. The molecule has 0 saturated carbocycles. The molecule has 4 aliphatic rings. The van der Waals surface area contributed by atoms with Crippen LogP contribution in [-0.4, -0.2) is 66.8 Å². The van der Waals surface area contributed by atoms with Crippen LogP contribution in [0.3, 0.4) is 0 Å². The van der Waals surface area contributed by atoms with E-state index in [1.165, 1.54) is 48.8 Å². The Hall–Kier alpha value is -2.69. The summed E-state index contributed by atoms with van der Waals surface area (Å²) in [4.78, 5) is 14.8.